The van der Waals surface area contributed by atoms with Crippen LogP contribution in [0.15, 0.2) is 29.1 Å². The minimum absolute atomic E-state index is 0.00343. The van der Waals surface area contributed by atoms with Crippen molar-refractivity contribution in [1.82, 2.24) is 9.78 Å². The molecule has 0 fully saturated rings. The summed E-state index contributed by atoms with van der Waals surface area (Å²) < 4.78 is 7.55. The van der Waals surface area contributed by atoms with Gasteiger partial charge >= 0.3 is 0 Å². The summed E-state index contributed by atoms with van der Waals surface area (Å²) in [6.45, 7) is 10.1. The van der Waals surface area contributed by atoms with Crippen molar-refractivity contribution in [2.45, 2.75) is 53.2 Å². The van der Waals surface area contributed by atoms with Gasteiger partial charge in [-0.05, 0) is 52.3 Å². The molecule has 0 aliphatic heterocycles. The quantitative estimate of drug-likeness (QED) is 0.916. The maximum Gasteiger partial charge on any atom is 0.267 e. The Balaban J connectivity index is 2.21. The van der Waals surface area contributed by atoms with Crippen LogP contribution in [0.2, 0.25) is 0 Å². The van der Waals surface area contributed by atoms with Crippen LogP contribution in [0.3, 0.4) is 0 Å². The predicted octanol–water partition coefficient (Wildman–Crippen LogP) is 3.44. The van der Waals surface area contributed by atoms with E-state index in [1.807, 2.05) is 49.7 Å². The van der Waals surface area contributed by atoms with Crippen molar-refractivity contribution in [1.29, 1.82) is 0 Å². The fourth-order valence-electron chi connectivity index (χ4n) is 2.46. The van der Waals surface area contributed by atoms with Crippen molar-refractivity contribution >= 4 is 0 Å². The zero-order valence-electron chi connectivity index (χ0n) is 13.4. The van der Waals surface area contributed by atoms with Gasteiger partial charge in [0.05, 0.1) is 6.10 Å². The van der Waals surface area contributed by atoms with Crippen LogP contribution in [-0.4, -0.2) is 15.9 Å². The maximum absolute atomic E-state index is 12.1. The predicted molar refractivity (Wildman–Crippen MR) is 85.2 cm³/mol. The van der Waals surface area contributed by atoms with Gasteiger partial charge in [-0.1, -0.05) is 12.1 Å². The first-order chi connectivity index (χ1) is 9.88. The van der Waals surface area contributed by atoms with Crippen LogP contribution in [0.5, 0.6) is 5.75 Å². The van der Waals surface area contributed by atoms with Gasteiger partial charge in [-0.3, -0.25) is 14.6 Å². The van der Waals surface area contributed by atoms with Crippen molar-refractivity contribution in [2.24, 2.45) is 0 Å². The first-order valence-corrected chi connectivity index (χ1v) is 7.44. The number of hydrogen-bond donors (Lipinski definition) is 1. The van der Waals surface area contributed by atoms with Gasteiger partial charge in [-0.25, -0.2) is 0 Å². The smallest absolute Gasteiger partial charge is 0.267 e. The molecule has 0 atom stereocenters. The van der Waals surface area contributed by atoms with Crippen LogP contribution in [0.4, 0.5) is 0 Å². The number of nitrogens with zero attached hydrogens (tertiary/aromatic N) is 1. The summed E-state index contributed by atoms with van der Waals surface area (Å²) in [6.07, 6.45) is 0.809. The van der Waals surface area contributed by atoms with E-state index in [2.05, 4.69) is 18.9 Å². The van der Waals surface area contributed by atoms with Gasteiger partial charge in [-0.2, -0.15) is 0 Å². The number of rotatable bonds is 5. The number of aromatic nitrogens is 2. The number of ether oxygens (including phenoxy) is 1. The summed E-state index contributed by atoms with van der Waals surface area (Å²) in [4.78, 5) is 12.1. The van der Waals surface area contributed by atoms with Crippen molar-refractivity contribution in [3.63, 3.8) is 0 Å². The van der Waals surface area contributed by atoms with Gasteiger partial charge in [0.1, 0.15) is 5.75 Å². The Kier molecular flexibility index (Phi) is 4.56. The van der Waals surface area contributed by atoms with Gasteiger partial charge in [0, 0.05) is 23.7 Å². The number of aromatic amines is 1. The largest absolute Gasteiger partial charge is 0.491 e. The lowest BCUT2D eigenvalue weighted by Gasteiger charge is -2.11. The average Bonchev–Trinajstić information content (AvgIpc) is 2.68. The second-order valence-electron chi connectivity index (χ2n) is 5.96. The lowest BCUT2D eigenvalue weighted by atomic mass is 10.1. The molecule has 1 aromatic heterocycles. The highest BCUT2D eigenvalue weighted by atomic mass is 16.5. The monoisotopic (exact) mass is 288 g/mol. The summed E-state index contributed by atoms with van der Waals surface area (Å²) in [6, 6.07) is 8.21. The average molecular weight is 288 g/mol. The van der Waals surface area contributed by atoms with Gasteiger partial charge < -0.3 is 4.74 Å². The van der Waals surface area contributed by atoms with Crippen molar-refractivity contribution < 1.29 is 4.74 Å². The summed E-state index contributed by atoms with van der Waals surface area (Å²) in [5.41, 5.74) is 2.96. The SMILES string of the molecule is Cc1c(Cc2ccc(OC(C)C)cc2)c(=O)[nH]n1C(C)C. The standard InChI is InChI=1S/C17H24N2O2/c1-11(2)19-13(5)16(17(20)18-19)10-14-6-8-15(9-7-14)21-12(3)4/h6-9,11-12H,10H2,1-5H3,(H,18,20). The molecule has 0 aliphatic carbocycles. The molecule has 1 heterocycles. The summed E-state index contributed by atoms with van der Waals surface area (Å²) in [5.74, 6) is 0.860. The minimum atomic E-state index is 0.00343. The molecule has 4 heteroatoms. The summed E-state index contributed by atoms with van der Waals surface area (Å²) in [7, 11) is 0. The summed E-state index contributed by atoms with van der Waals surface area (Å²) >= 11 is 0. The van der Waals surface area contributed by atoms with Crippen LogP contribution >= 0.6 is 0 Å². The van der Waals surface area contributed by atoms with E-state index in [-0.39, 0.29) is 17.7 Å². The van der Waals surface area contributed by atoms with E-state index in [1.54, 1.807) is 0 Å². The summed E-state index contributed by atoms with van der Waals surface area (Å²) in [5, 5.41) is 2.91. The zero-order chi connectivity index (χ0) is 15.6. The molecule has 0 amide bonds. The molecule has 21 heavy (non-hydrogen) atoms. The maximum atomic E-state index is 12.1. The fourth-order valence-corrected chi connectivity index (χ4v) is 2.46. The van der Waals surface area contributed by atoms with Gasteiger partial charge in [0.15, 0.2) is 0 Å². The first kappa shape index (κ1) is 15.4. The Bertz CT molecular complexity index is 648. The Morgan fingerprint density at radius 1 is 1.14 bits per heavy atom. The van der Waals surface area contributed by atoms with E-state index in [0.29, 0.717) is 6.42 Å². The van der Waals surface area contributed by atoms with Crippen LogP contribution in [-0.2, 0) is 6.42 Å². The third kappa shape index (κ3) is 3.57. The molecular weight excluding hydrogens is 264 g/mol. The van der Waals surface area contributed by atoms with Crippen molar-refractivity contribution in [3.05, 3.63) is 51.4 Å². The van der Waals surface area contributed by atoms with Gasteiger partial charge in [0.25, 0.3) is 5.56 Å². The lowest BCUT2D eigenvalue weighted by molar-refractivity contribution is 0.242. The zero-order valence-corrected chi connectivity index (χ0v) is 13.4. The third-order valence-corrected chi connectivity index (χ3v) is 3.49. The molecule has 0 aliphatic rings. The normalized spacial score (nSPS) is 11.4. The molecule has 2 aromatic rings. The van der Waals surface area contributed by atoms with E-state index >= 15 is 0 Å². The molecule has 2 rings (SSSR count). The highest BCUT2D eigenvalue weighted by Gasteiger charge is 2.13. The van der Waals surface area contributed by atoms with Crippen LogP contribution in [0, 0.1) is 6.92 Å². The van der Waals surface area contributed by atoms with E-state index < -0.39 is 0 Å². The number of hydrogen-bond acceptors (Lipinski definition) is 2. The van der Waals surface area contributed by atoms with Crippen molar-refractivity contribution in [2.75, 3.05) is 0 Å². The molecule has 0 saturated carbocycles. The third-order valence-electron chi connectivity index (χ3n) is 3.49. The Hall–Kier alpha value is -1.97. The fraction of sp³-hybridized carbons (Fsp3) is 0.471. The first-order valence-electron chi connectivity index (χ1n) is 7.44. The molecule has 4 nitrogen and oxygen atoms in total. The Morgan fingerprint density at radius 2 is 1.76 bits per heavy atom. The molecule has 0 saturated heterocycles. The second kappa shape index (κ2) is 6.20. The van der Waals surface area contributed by atoms with E-state index in [0.717, 1.165) is 22.6 Å². The molecule has 0 bridgehead atoms. The van der Waals surface area contributed by atoms with Crippen LogP contribution in [0.25, 0.3) is 0 Å². The highest BCUT2D eigenvalue weighted by Crippen LogP contribution is 2.17. The van der Waals surface area contributed by atoms with Crippen molar-refractivity contribution in [3.8, 4) is 5.75 Å². The van der Waals surface area contributed by atoms with Crippen LogP contribution in [0.1, 0.15) is 50.6 Å². The van der Waals surface area contributed by atoms with E-state index in [9.17, 15) is 4.79 Å². The molecular formula is C17H24N2O2. The lowest BCUT2D eigenvalue weighted by Crippen LogP contribution is -2.09. The second-order valence-corrected chi connectivity index (χ2v) is 5.96. The van der Waals surface area contributed by atoms with Gasteiger partial charge in [-0.15, -0.1) is 0 Å². The topological polar surface area (TPSA) is 47.0 Å². The number of benzene rings is 1. The molecule has 1 N–H and O–H groups in total. The Labute approximate surface area is 125 Å². The molecule has 0 spiro atoms. The van der Waals surface area contributed by atoms with Gasteiger partial charge in [0.2, 0.25) is 0 Å². The van der Waals surface area contributed by atoms with E-state index in [4.69, 9.17) is 4.74 Å². The highest BCUT2D eigenvalue weighted by molar-refractivity contribution is 5.32. The minimum Gasteiger partial charge on any atom is -0.491 e. The van der Waals surface area contributed by atoms with E-state index in [1.165, 1.54) is 0 Å². The number of H-pyrrole nitrogens is 1. The molecule has 114 valence electrons. The molecule has 0 radical (unpaired) electrons. The Morgan fingerprint density at radius 3 is 2.24 bits per heavy atom. The molecule has 0 unspecified atom stereocenters. The number of nitrogens with one attached hydrogen (secondary N) is 1. The van der Waals surface area contributed by atoms with Crippen LogP contribution < -0.4 is 10.3 Å². The molecule has 1 aromatic carbocycles.